The molecule has 1 aromatic carbocycles. The van der Waals surface area contributed by atoms with Gasteiger partial charge in [0.05, 0.1) is 5.41 Å². The zero-order valence-electron chi connectivity index (χ0n) is 8.49. The Bertz CT molecular complexity index is 374. The van der Waals surface area contributed by atoms with Crippen molar-refractivity contribution in [1.82, 2.24) is 0 Å². The van der Waals surface area contributed by atoms with Crippen molar-refractivity contribution in [3.63, 3.8) is 0 Å². The number of rotatable bonds is 1. The summed E-state index contributed by atoms with van der Waals surface area (Å²) >= 11 is 0. The molecule has 0 aliphatic heterocycles. The molecule has 2 heteroatoms. The van der Waals surface area contributed by atoms with Crippen LogP contribution in [0.5, 0.6) is 0 Å². The molecule has 0 unspecified atom stereocenters. The van der Waals surface area contributed by atoms with Gasteiger partial charge in [0, 0.05) is 6.07 Å². The molecule has 0 spiro atoms. The van der Waals surface area contributed by atoms with Crippen molar-refractivity contribution in [3.05, 3.63) is 35.4 Å². The highest BCUT2D eigenvalue weighted by molar-refractivity contribution is 5.33. The van der Waals surface area contributed by atoms with E-state index in [0.717, 1.165) is 6.07 Å². The monoisotopic (exact) mass is 194 g/mol. The molecule has 0 saturated carbocycles. The highest BCUT2D eigenvalue weighted by Gasteiger charge is 2.18. The molecular formula is C12H12F2. The van der Waals surface area contributed by atoms with Crippen molar-refractivity contribution >= 4 is 0 Å². The lowest BCUT2D eigenvalue weighted by atomic mass is 9.85. The fourth-order valence-corrected chi connectivity index (χ4v) is 1.30. The lowest BCUT2D eigenvalue weighted by Crippen LogP contribution is -2.14. The Balaban J connectivity index is 3.23. The fourth-order valence-electron chi connectivity index (χ4n) is 1.30. The van der Waals surface area contributed by atoms with Gasteiger partial charge in [-0.25, -0.2) is 8.78 Å². The molecule has 0 atom stereocenters. The molecule has 74 valence electrons. The maximum atomic E-state index is 12.9. The van der Waals surface area contributed by atoms with Gasteiger partial charge in [-0.15, -0.1) is 5.92 Å². The van der Waals surface area contributed by atoms with Crippen LogP contribution in [0.2, 0.25) is 0 Å². The summed E-state index contributed by atoms with van der Waals surface area (Å²) in [6.07, 6.45) is 0. The minimum Gasteiger partial charge on any atom is -0.207 e. The first-order valence-corrected chi connectivity index (χ1v) is 4.36. The summed E-state index contributed by atoms with van der Waals surface area (Å²) in [7, 11) is 0. The molecule has 0 aliphatic rings. The Labute approximate surface area is 83.0 Å². The van der Waals surface area contributed by atoms with Crippen LogP contribution in [0, 0.1) is 23.5 Å². The summed E-state index contributed by atoms with van der Waals surface area (Å²) in [5.74, 6) is 4.53. The lowest BCUT2D eigenvalue weighted by Gasteiger charge is -2.18. The molecule has 14 heavy (non-hydrogen) atoms. The predicted molar refractivity (Wildman–Crippen MR) is 52.8 cm³/mol. The van der Waals surface area contributed by atoms with Gasteiger partial charge in [-0.1, -0.05) is 5.92 Å². The van der Waals surface area contributed by atoms with E-state index in [1.54, 1.807) is 6.92 Å². The van der Waals surface area contributed by atoms with E-state index < -0.39 is 17.0 Å². The first-order valence-electron chi connectivity index (χ1n) is 4.36. The summed E-state index contributed by atoms with van der Waals surface area (Å²) in [6.45, 7) is 5.37. The van der Waals surface area contributed by atoms with Gasteiger partial charge in [0.25, 0.3) is 0 Å². The summed E-state index contributed by atoms with van der Waals surface area (Å²) < 4.78 is 25.8. The standard InChI is InChI=1S/C12H12F2/c1-4-5-12(2,3)9-6-10(13)8-11(14)7-9/h6-8H,1-3H3. The molecule has 1 aromatic rings. The van der Waals surface area contributed by atoms with Crippen molar-refractivity contribution in [3.8, 4) is 11.8 Å². The van der Waals surface area contributed by atoms with Gasteiger partial charge in [-0.2, -0.15) is 0 Å². The fraction of sp³-hybridized carbons (Fsp3) is 0.333. The van der Waals surface area contributed by atoms with E-state index in [2.05, 4.69) is 11.8 Å². The van der Waals surface area contributed by atoms with Crippen LogP contribution in [-0.4, -0.2) is 0 Å². The second-order valence-electron chi connectivity index (χ2n) is 3.66. The van der Waals surface area contributed by atoms with E-state index in [1.165, 1.54) is 12.1 Å². The van der Waals surface area contributed by atoms with E-state index in [9.17, 15) is 8.78 Å². The van der Waals surface area contributed by atoms with Crippen LogP contribution in [0.15, 0.2) is 18.2 Å². The van der Waals surface area contributed by atoms with Crippen molar-refractivity contribution < 1.29 is 8.78 Å². The molecule has 0 aromatic heterocycles. The van der Waals surface area contributed by atoms with Gasteiger partial charge in [-0.05, 0) is 38.5 Å². The average Bonchev–Trinajstić information content (AvgIpc) is 2.02. The SMILES string of the molecule is CC#CC(C)(C)c1cc(F)cc(F)c1. The second kappa shape index (κ2) is 3.79. The summed E-state index contributed by atoms with van der Waals surface area (Å²) in [5, 5.41) is 0. The van der Waals surface area contributed by atoms with Crippen LogP contribution in [0.25, 0.3) is 0 Å². The Hall–Kier alpha value is -1.36. The summed E-state index contributed by atoms with van der Waals surface area (Å²) in [5.41, 5.74) is 0.0434. The van der Waals surface area contributed by atoms with Crippen molar-refractivity contribution in [2.24, 2.45) is 0 Å². The van der Waals surface area contributed by atoms with E-state index in [0.29, 0.717) is 5.56 Å². The number of benzene rings is 1. The first kappa shape index (κ1) is 10.7. The molecule has 0 saturated heterocycles. The Kier molecular flexibility index (Phi) is 2.90. The third-order valence-electron chi connectivity index (χ3n) is 2.02. The Morgan fingerprint density at radius 2 is 1.57 bits per heavy atom. The molecule has 0 amide bonds. The molecule has 0 fully saturated rings. The van der Waals surface area contributed by atoms with Gasteiger partial charge < -0.3 is 0 Å². The van der Waals surface area contributed by atoms with Gasteiger partial charge in [0.2, 0.25) is 0 Å². The van der Waals surface area contributed by atoms with Gasteiger partial charge >= 0.3 is 0 Å². The van der Waals surface area contributed by atoms with Gasteiger partial charge in [0.15, 0.2) is 0 Å². The average molecular weight is 194 g/mol. The third-order valence-corrected chi connectivity index (χ3v) is 2.02. The quantitative estimate of drug-likeness (QED) is 0.602. The van der Waals surface area contributed by atoms with Crippen molar-refractivity contribution in [1.29, 1.82) is 0 Å². The smallest absolute Gasteiger partial charge is 0.126 e. The highest BCUT2D eigenvalue weighted by Crippen LogP contribution is 2.23. The van der Waals surface area contributed by atoms with Crippen LogP contribution in [-0.2, 0) is 5.41 Å². The first-order chi connectivity index (χ1) is 6.45. The third kappa shape index (κ3) is 2.32. The summed E-state index contributed by atoms with van der Waals surface area (Å²) in [6, 6.07) is 3.49. The molecule has 0 N–H and O–H groups in total. The van der Waals surface area contributed by atoms with Crippen LogP contribution in [0.4, 0.5) is 8.78 Å². The van der Waals surface area contributed by atoms with Crippen LogP contribution in [0.3, 0.4) is 0 Å². The number of halogens is 2. The molecule has 0 nitrogen and oxygen atoms in total. The van der Waals surface area contributed by atoms with Crippen LogP contribution in [0.1, 0.15) is 26.3 Å². The van der Waals surface area contributed by atoms with E-state index in [4.69, 9.17) is 0 Å². The maximum absolute atomic E-state index is 12.9. The zero-order chi connectivity index (χ0) is 10.8. The Morgan fingerprint density at radius 1 is 1.07 bits per heavy atom. The highest BCUT2D eigenvalue weighted by atomic mass is 19.1. The van der Waals surface area contributed by atoms with Crippen LogP contribution < -0.4 is 0 Å². The van der Waals surface area contributed by atoms with Gasteiger partial charge in [0.1, 0.15) is 11.6 Å². The molecular weight excluding hydrogens is 182 g/mol. The predicted octanol–water partition coefficient (Wildman–Crippen LogP) is 3.27. The largest absolute Gasteiger partial charge is 0.207 e. The van der Waals surface area contributed by atoms with Gasteiger partial charge in [-0.3, -0.25) is 0 Å². The van der Waals surface area contributed by atoms with Crippen LogP contribution >= 0.6 is 0 Å². The van der Waals surface area contributed by atoms with Crippen molar-refractivity contribution in [2.45, 2.75) is 26.2 Å². The second-order valence-corrected chi connectivity index (χ2v) is 3.66. The molecule has 0 radical (unpaired) electrons. The lowest BCUT2D eigenvalue weighted by molar-refractivity contribution is 0.568. The van der Waals surface area contributed by atoms with E-state index in [1.807, 2.05) is 13.8 Å². The summed E-state index contributed by atoms with van der Waals surface area (Å²) in [4.78, 5) is 0. The molecule has 1 rings (SSSR count). The minimum absolute atomic E-state index is 0.516. The molecule has 0 bridgehead atoms. The zero-order valence-corrected chi connectivity index (χ0v) is 8.49. The topological polar surface area (TPSA) is 0 Å². The Morgan fingerprint density at radius 3 is 2.00 bits per heavy atom. The molecule has 0 aliphatic carbocycles. The minimum atomic E-state index is -0.564. The van der Waals surface area contributed by atoms with E-state index >= 15 is 0 Å². The van der Waals surface area contributed by atoms with E-state index in [-0.39, 0.29) is 0 Å². The normalized spacial score (nSPS) is 10.6. The number of hydrogen-bond donors (Lipinski definition) is 0. The molecule has 0 heterocycles. The number of hydrogen-bond acceptors (Lipinski definition) is 0. The maximum Gasteiger partial charge on any atom is 0.126 e. The van der Waals surface area contributed by atoms with Crippen molar-refractivity contribution in [2.75, 3.05) is 0 Å².